The second-order valence-electron chi connectivity index (χ2n) is 3.63. The standard InChI is InChI=1S/C8H11N.C4H6O3/c1-6-3-4-7(2)8(9)5-6;1-3(5)2-4(6)7/h3-5H,9H2,1-2H3;2H2,1H3,(H,6,7). The number of carbonyl (C=O) groups excluding carboxylic acids is 1. The van der Waals surface area contributed by atoms with Gasteiger partial charge >= 0.3 is 5.97 Å². The highest BCUT2D eigenvalue weighted by molar-refractivity contribution is 5.93. The third kappa shape index (κ3) is 6.59. The first-order valence-corrected chi connectivity index (χ1v) is 4.87. The van der Waals surface area contributed by atoms with Crippen LogP contribution in [0.1, 0.15) is 24.5 Å². The quantitative estimate of drug-likeness (QED) is 0.593. The SMILES string of the molecule is CC(=O)CC(=O)O.Cc1ccc(C)c(N)c1. The highest BCUT2D eigenvalue weighted by Gasteiger charge is 1.98. The van der Waals surface area contributed by atoms with Crippen molar-refractivity contribution >= 4 is 17.4 Å². The summed E-state index contributed by atoms with van der Waals surface area (Å²) in [6, 6.07) is 6.08. The van der Waals surface area contributed by atoms with Crippen molar-refractivity contribution in [1.82, 2.24) is 0 Å². The maximum Gasteiger partial charge on any atom is 0.310 e. The molecule has 0 bridgehead atoms. The molecule has 0 aromatic heterocycles. The first kappa shape index (κ1) is 14.2. The molecule has 0 aliphatic rings. The molecule has 4 nitrogen and oxygen atoms in total. The molecule has 16 heavy (non-hydrogen) atoms. The summed E-state index contributed by atoms with van der Waals surface area (Å²) in [4.78, 5) is 19.5. The molecule has 1 aromatic rings. The lowest BCUT2D eigenvalue weighted by Gasteiger charge is -1.98. The maximum atomic E-state index is 9.87. The minimum absolute atomic E-state index is 0.312. The lowest BCUT2D eigenvalue weighted by atomic mass is 10.1. The van der Waals surface area contributed by atoms with Crippen LogP contribution in [-0.4, -0.2) is 16.9 Å². The van der Waals surface area contributed by atoms with E-state index < -0.39 is 5.97 Å². The van der Waals surface area contributed by atoms with Crippen LogP contribution in [0.15, 0.2) is 18.2 Å². The summed E-state index contributed by atoms with van der Waals surface area (Å²) in [5.41, 5.74) is 8.88. The number of nitrogen functional groups attached to an aromatic ring is 1. The number of hydrogen-bond donors (Lipinski definition) is 2. The second-order valence-corrected chi connectivity index (χ2v) is 3.63. The molecule has 0 saturated carbocycles. The van der Waals surface area contributed by atoms with Crippen LogP contribution in [0.2, 0.25) is 0 Å². The first-order valence-electron chi connectivity index (χ1n) is 4.87. The van der Waals surface area contributed by atoms with Gasteiger partial charge in [0.15, 0.2) is 0 Å². The Labute approximate surface area is 95.1 Å². The summed E-state index contributed by atoms with van der Waals surface area (Å²) < 4.78 is 0. The number of anilines is 1. The number of hydrogen-bond acceptors (Lipinski definition) is 3. The summed E-state index contributed by atoms with van der Waals surface area (Å²) in [6.45, 7) is 5.29. The van der Waals surface area contributed by atoms with Crippen molar-refractivity contribution in [3.8, 4) is 0 Å². The lowest BCUT2D eigenvalue weighted by Crippen LogP contribution is -2.00. The summed E-state index contributed by atoms with van der Waals surface area (Å²) in [7, 11) is 0. The number of carbonyl (C=O) groups is 2. The molecule has 1 aromatic carbocycles. The number of ketones is 1. The average Bonchev–Trinajstić information content (AvgIpc) is 2.10. The molecule has 3 N–H and O–H groups in total. The van der Waals surface area contributed by atoms with Gasteiger partial charge in [-0.3, -0.25) is 9.59 Å². The molecule has 0 unspecified atom stereocenters. The molecule has 0 radical (unpaired) electrons. The van der Waals surface area contributed by atoms with Gasteiger partial charge in [0.1, 0.15) is 12.2 Å². The molecule has 0 aliphatic heterocycles. The zero-order chi connectivity index (χ0) is 12.7. The Morgan fingerprint density at radius 1 is 1.31 bits per heavy atom. The number of rotatable bonds is 2. The van der Waals surface area contributed by atoms with E-state index in [0.29, 0.717) is 0 Å². The van der Waals surface area contributed by atoms with Gasteiger partial charge in [-0.1, -0.05) is 12.1 Å². The number of Topliss-reactive ketones (excluding diaryl/α,β-unsaturated/α-hetero) is 1. The van der Waals surface area contributed by atoms with Crippen molar-refractivity contribution in [2.45, 2.75) is 27.2 Å². The van der Waals surface area contributed by atoms with Gasteiger partial charge in [0.05, 0.1) is 0 Å². The Morgan fingerprint density at radius 3 is 2.12 bits per heavy atom. The van der Waals surface area contributed by atoms with Crippen LogP contribution in [0.4, 0.5) is 5.69 Å². The van der Waals surface area contributed by atoms with Gasteiger partial charge in [-0.15, -0.1) is 0 Å². The molecule has 4 heteroatoms. The Kier molecular flexibility index (Phi) is 5.85. The van der Waals surface area contributed by atoms with Crippen molar-refractivity contribution in [1.29, 1.82) is 0 Å². The smallest absolute Gasteiger partial charge is 0.310 e. The van der Waals surface area contributed by atoms with Crippen molar-refractivity contribution in [2.75, 3.05) is 5.73 Å². The van der Waals surface area contributed by atoms with E-state index in [9.17, 15) is 9.59 Å². The van der Waals surface area contributed by atoms with E-state index in [-0.39, 0.29) is 12.2 Å². The lowest BCUT2D eigenvalue weighted by molar-refractivity contribution is -0.139. The monoisotopic (exact) mass is 223 g/mol. The number of benzene rings is 1. The molecule has 0 amide bonds. The summed E-state index contributed by atoms with van der Waals surface area (Å²) in [5.74, 6) is -1.37. The zero-order valence-corrected chi connectivity index (χ0v) is 9.78. The maximum absolute atomic E-state index is 9.87. The van der Waals surface area contributed by atoms with Crippen LogP contribution < -0.4 is 5.73 Å². The Bertz CT molecular complexity index is 374. The van der Waals surface area contributed by atoms with Crippen LogP contribution in [0.25, 0.3) is 0 Å². The van der Waals surface area contributed by atoms with E-state index in [1.54, 1.807) is 0 Å². The fourth-order valence-corrected chi connectivity index (χ4v) is 0.973. The Morgan fingerprint density at radius 2 is 1.88 bits per heavy atom. The summed E-state index contributed by atoms with van der Waals surface area (Å²) in [6.07, 6.45) is -0.361. The van der Waals surface area contributed by atoms with Gasteiger partial charge in [0.25, 0.3) is 0 Å². The molecule has 0 fully saturated rings. The summed E-state index contributed by atoms with van der Waals surface area (Å²) >= 11 is 0. The molecule has 0 heterocycles. The molecule has 0 saturated heterocycles. The Hall–Kier alpha value is -1.84. The number of carboxylic acid groups (broad SMARTS) is 1. The summed E-state index contributed by atoms with van der Waals surface area (Å²) in [5, 5.41) is 7.86. The second kappa shape index (κ2) is 6.61. The molecule has 0 atom stereocenters. The third-order valence-corrected chi connectivity index (χ3v) is 1.83. The molecule has 1 rings (SSSR count). The van der Waals surface area contributed by atoms with Crippen molar-refractivity contribution in [2.24, 2.45) is 0 Å². The van der Waals surface area contributed by atoms with E-state index in [1.165, 1.54) is 12.5 Å². The number of aliphatic carboxylic acids is 1. The van der Waals surface area contributed by atoms with Gasteiger partial charge in [-0.25, -0.2) is 0 Å². The Balaban J connectivity index is 0.000000293. The fourth-order valence-electron chi connectivity index (χ4n) is 0.973. The fraction of sp³-hybridized carbons (Fsp3) is 0.333. The minimum atomic E-state index is -1.06. The van der Waals surface area contributed by atoms with Crippen LogP contribution in [0.3, 0.4) is 0 Å². The van der Waals surface area contributed by atoms with E-state index >= 15 is 0 Å². The largest absolute Gasteiger partial charge is 0.481 e. The van der Waals surface area contributed by atoms with Crippen molar-refractivity contribution in [3.63, 3.8) is 0 Å². The van der Waals surface area contributed by atoms with Crippen LogP contribution in [-0.2, 0) is 9.59 Å². The number of carboxylic acids is 1. The van der Waals surface area contributed by atoms with E-state index in [1.807, 2.05) is 26.0 Å². The normalized spacial score (nSPS) is 8.94. The van der Waals surface area contributed by atoms with Crippen molar-refractivity contribution < 1.29 is 14.7 Å². The molecule has 0 spiro atoms. The minimum Gasteiger partial charge on any atom is -0.481 e. The highest BCUT2D eigenvalue weighted by atomic mass is 16.4. The van der Waals surface area contributed by atoms with E-state index in [0.717, 1.165) is 11.3 Å². The van der Waals surface area contributed by atoms with E-state index in [4.69, 9.17) is 10.8 Å². The average molecular weight is 223 g/mol. The van der Waals surface area contributed by atoms with Gasteiger partial charge in [0, 0.05) is 5.69 Å². The predicted molar refractivity (Wildman–Crippen MR) is 63.3 cm³/mol. The number of aryl methyl sites for hydroxylation is 2. The predicted octanol–water partition coefficient (Wildman–Crippen LogP) is 1.94. The van der Waals surface area contributed by atoms with Crippen LogP contribution >= 0.6 is 0 Å². The molecule has 0 aliphatic carbocycles. The van der Waals surface area contributed by atoms with Gasteiger partial charge in [-0.05, 0) is 38.0 Å². The topological polar surface area (TPSA) is 80.4 Å². The van der Waals surface area contributed by atoms with Crippen molar-refractivity contribution in [3.05, 3.63) is 29.3 Å². The highest BCUT2D eigenvalue weighted by Crippen LogP contribution is 2.10. The van der Waals surface area contributed by atoms with Gasteiger partial charge < -0.3 is 10.8 Å². The van der Waals surface area contributed by atoms with Crippen LogP contribution in [0, 0.1) is 13.8 Å². The molecule has 88 valence electrons. The zero-order valence-electron chi connectivity index (χ0n) is 9.78. The van der Waals surface area contributed by atoms with Gasteiger partial charge in [-0.2, -0.15) is 0 Å². The molecular weight excluding hydrogens is 206 g/mol. The van der Waals surface area contributed by atoms with Gasteiger partial charge in [0.2, 0.25) is 0 Å². The van der Waals surface area contributed by atoms with E-state index in [2.05, 4.69) is 6.07 Å². The number of nitrogens with two attached hydrogens (primary N) is 1. The molecular formula is C12H17NO3. The first-order chi connectivity index (χ1) is 7.32. The van der Waals surface area contributed by atoms with Crippen LogP contribution in [0.5, 0.6) is 0 Å². The third-order valence-electron chi connectivity index (χ3n) is 1.83.